The zero-order chi connectivity index (χ0) is 13.1. The monoisotopic (exact) mass is 247 g/mol. The second-order valence-electron chi connectivity index (χ2n) is 3.97. The highest BCUT2D eigenvalue weighted by Gasteiger charge is 2.08. The van der Waals surface area contributed by atoms with E-state index >= 15 is 0 Å². The maximum absolute atomic E-state index is 5.36. The Morgan fingerprint density at radius 3 is 2.72 bits per heavy atom. The van der Waals surface area contributed by atoms with Gasteiger partial charge in [0.1, 0.15) is 17.5 Å². The number of nitrogen functional groups attached to an aromatic ring is 1. The molecular weight excluding hydrogens is 230 g/mol. The number of hydrazine groups is 1. The van der Waals surface area contributed by atoms with E-state index in [9.17, 15) is 0 Å². The van der Waals surface area contributed by atoms with E-state index in [1.54, 1.807) is 10.7 Å². The number of anilines is 3. The van der Waals surface area contributed by atoms with Crippen molar-refractivity contribution in [2.75, 3.05) is 10.7 Å². The van der Waals surface area contributed by atoms with Gasteiger partial charge in [-0.15, -0.1) is 0 Å². The van der Waals surface area contributed by atoms with Gasteiger partial charge in [-0.2, -0.15) is 5.10 Å². The molecule has 0 amide bonds. The van der Waals surface area contributed by atoms with E-state index in [1.807, 2.05) is 20.2 Å². The molecule has 2 aromatic rings. The van der Waals surface area contributed by atoms with Crippen molar-refractivity contribution in [1.82, 2.24) is 19.7 Å². The molecule has 7 nitrogen and oxygen atoms in total. The zero-order valence-electron chi connectivity index (χ0n) is 10.7. The number of hydrogen-bond donors (Lipinski definition) is 3. The second-order valence-corrected chi connectivity index (χ2v) is 3.97. The topological polar surface area (TPSA) is 93.7 Å². The molecule has 0 bridgehead atoms. The van der Waals surface area contributed by atoms with E-state index in [-0.39, 0.29) is 0 Å². The van der Waals surface area contributed by atoms with Gasteiger partial charge < -0.3 is 10.7 Å². The molecule has 0 aliphatic carbocycles. The van der Waals surface area contributed by atoms with E-state index in [4.69, 9.17) is 5.84 Å². The minimum atomic E-state index is 0.576. The first kappa shape index (κ1) is 12.3. The van der Waals surface area contributed by atoms with Crippen molar-refractivity contribution in [3.8, 4) is 0 Å². The van der Waals surface area contributed by atoms with Crippen molar-refractivity contribution in [2.24, 2.45) is 12.9 Å². The van der Waals surface area contributed by atoms with Crippen molar-refractivity contribution < 1.29 is 0 Å². The van der Waals surface area contributed by atoms with E-state index in [1.165, 1.54) is 0 Å². The molecule has 0 spiro atoms. The molecular formula is C11H17N7. The Bertz CT molecular complexity index is 546. The van der Waals surface area contributed by atoms with Gasteiger partial charge >= 0.3 is 0 Å². The van der Waals surface area contributed by atoms with Crippen LogP contribution in [0.4, 0.5) is 17.3 Å². The van der Waals surface area contributed by atoms with Crippen molar-refractivity contribution in [1.29, 1.82) is 0 Å². The van der Waals surface area contributed by atoms with Crippen LogP contribution in [0.25, 0.3) is 0 Å². The third-order valence-electron chi connectivity index (χ3n) is 2.49. The minimum Gasteiger partial charge on any atom is -0.337 e. The molecule has 18 heavy (non-hydrogen) atoms. The Kier molecular flexibility index (Phi) is 3.42. The number of nitrogens with one attached hydrogen (secondary N) is 2. The lowest BCUT2D eigenvalue weighted by Gasteiger charge is -2.07. The Morgan fingerprint density at radius 2 is 2.06 bits per heavy atom. The highest BCUT2D eigenvalue weighted by atomic mass is 15.3. The number of nitrogens with zero attached hydrogens (tertiary/aromatic N) is 4. The zero-order valence-corrected chi connectivity index (χ0v) is 10.7. The van der Waals surface area contributed by atoms with E-state index in [0.717, 1.165) is 17.8 Å². The highest BCUT2D eigenvalue weighted by molar-refractivity contribution is 5.60. The molecule has 0 radical (unpaired) electrons. The fraction of sp³-hybridized carbons (Fsp3) is 0.364. The summed E-state index contributed by atoms with van der Waals surface area (Å²) in [7, 11) is 1.89. The third kappa shape index (κ3) is 2.57. The highest BCUT2D eigenvalue weighted by Crippen LogP contribution is 2.20. The molecule has 0 saturated carbocycles. The lowest BCUT2D eigenvalue weighted by atomic mass is 10.3. The molecule has 0 fully saturated rings. The largest absolute Gasteiger partial charge is 0.337 e. The SMILES string of the molecule is CCc1nn(C)cc1Nc1cc(NN)nc(C)n1. The average molecular weight is 247 g/mol. The molecule has 2 aromatic heterocycles. The Morgan fingerprint density at radius 1 is 1.33 bits per heavy atom. The first-order valence-corrected chi connectivity index (χ1v) is 5.74. The van der Waals surface area contributed by atoms with Gasteiger partial charge in [0.25, 0.3) is 0 Å². The molecule has 4 N–H and O–H groups in total. The molecule has 7 heteroatoms. The van der Waals surface area contributed by atoms with Gasteiger partial charge in [-0.25, -0.2) is 15.8 Å². The molecule has 0 atom stereocenters. The fourth-order valence-electron chi connectivity index (χ4n) is 1.74. The van der Waals surface area contributed by atoms with Crippen LogP contribution in [0.1, 0.15) is 18.4 Å². The molecule has 2 rings (SSSR count). The van der Waals surface area contributed by atoms with E-state index < -0.39 is 0 Å². The number of aryl methyl sites for hydroxylation is 3. The number of aromatic nitrogens is 4. The first-order chi connectivity index (χ1) is 8.62. The molecule has 0 aliphatic heterocycles. The summed E-state index contributed by atoms with van der Waals surface area (Å²) in [6.07, 6.45) is 2.78. The molecule has 0 aromatic carbocycles. The normalized spacial score (nSPS) is 10.4. The fourth-order valence-corrected chi connectivity index (χ4v) is 1.74. The molecule has 0 unspecified atom stereocenters. The van der Waals surface area contributed by atoms with Crippen LogP contribution >= 0.6 is 0 Å². The summed E-state index contributed by atoms with van der Waals surface area (Å²) in [5.74, 6) is 7.27. The van der Waals surface area contributed by atoms with Crippen LogP contribution in [0.2, 0.25) is 0 Å². The van der Waals surface area contributed by atoms with Gasteiger partial charge in [-0.05, 0) is 13.3 Å². The van der Waals surface area contributed by atoms with Gasteiger partial charge in [-0.3, -0.25) is 4.68 Å². The number of nitrogens with two attached hydrogens (primary N) is 1. The summed E-state index contributed by atoms with van der Waals surface area (Å²) < 4.78 is 1.78. The minimum absolute atomic E-state index is 0.576. The smallest absolute Gasteiger partial charge is 0.145 e. The predicted molar refractivity (Wildman–Crippen MR) is 70.4 cm³/mol. The summed E-state index contributed by atoms with van der Waals surface area (Å²) in [5.41, 5.74) is 4.46. The van der Waals surface area contributed by atoms with Crippen LogP contribution in [0.5, 0.6) is 0 Å². The van der Waals surface area contributed by atoms with Crippen LogP contribution in [0.3, 0.4) is 0 Å². The summed E-state index contributed by atoms with van der Waals surface area (Å²) in [4.78, 5) is 8.44. The summed E-state index contributed by atoms with van der Waals surface area (Å²) in [6.45, 7) is 3.88. The average Bonchev–Trinajstić information content (AvgIpc) is 2.68. The third-order valence-corrected chi connectivity index (χ3v) is 2.49. The second kappa shape index (κ2) is 5.01. The predicted octanol–water partition coefficient (Wildman–Crippen LogP) is 1.11. The molecule has 0 aliphatic rings. The van der Waals surface area contributed by atoms with Gasteiger partial charge in [0.15, 0.2) is 0 Å². The quantitative estimate of drug-likeness (QED) is 0.553. The van der Waals surface area contributed by atoms with E-state index in [0.29, 0.717) is 17.5 Å². The van der Waals surface area contributed by atoms with Crippen LogP contribution in [0.15, 0.2) is 12.3 Å². The Labute approximate surface area is 105 Å². The molecule has 0 saturated heterocycles. The van der Waals surface area contributed by atoms with Crippen molar-refractivity contribution in [3.63, 3.8) is 0 Å². The number of hydrogen-bond acceptors (Lipinski definition) is 6. The first-order valence-electron chi connectivity index (χ1n) is 5.74. The van der Waals surface area contributed by atoms with Crippen molar-refractivity contribution in [2.45, 2.75) is 20.3 Å². The Balaban J connectivity index is 2.30. The van der Waals surface area contributed by atoms with E-state index in [2.05, 4.69) is 32.7 Å². The molecule has 96 valence electrons. The lowest BCUT2D eigenvalue weighted by molar-refractivity contribution is 0.746. The summed E-state index contributed by atoms with van der Waals surface area (Å²) in [5, 5.41) is 7.59. The lowest BCUT2D eigenvalue weighted by Crippen LogP contribution is -2.10. The van der Waals surface area contributed by atoms with Crippen molar-refractivity contribution in [3.05, 3.63) is 23.8 Å². The molecule has 2 heterocycles. The van der Waals surface area contributed by atoms with Crippen LogP contribution in [0, 0.1) is 6.92 Å². The van der Waals surface area contributed by atoms with Gasteiger partial charge in [0.2, 0.25) is 0 Å². The van der Waals surface area contributed by atoms with Crippen LogP contribution in [-0.2, 0) is 13.5 Å². The maximum atomic E-state index is 5.36. The summed E-state index contributed by atoms with van der Waals surface area (Å²) in [6, 6.07) is 1.75. The van der Waals surface area contributed by atoms with Gasteiger partial charge in [0.05, 0.1) is 11.4 Å². The van der Waals surface area contributed by atoms with Gasteiger partial charge in [-0.1, -0.05) is 6.92 Å². The van der Waals surface area contributed by atoms with Crippen LogP contribution < -0.4 is 16.6 Å². The van der Waals surface area contributed by atoms with Gasteiger partial charge in [0, 0.05) is 19.3 Å². The van der Waals surface area contributed by atoms with Crippen LogP contribution in [-0.4, -0.2) is 19.7 Å². The number of rotatable bonds is 4. The Hall–Kier alpha value is -2.15. The maximum Gasteiger partial charge on any atom is 0.145 e. The standard InChI is InChI=1S/C11H17N7/c1-4-8-9(6-18(3)17-8)15-10-5-11(16-12)14-7(2)13-10/h5-6H,4,12H2,1-3H3,(H2,13,14,15,16). The van der Waals surface area contributed by atoms with Crippen molar-refractivity contribution >= 4 is 17.3 Å². The summed E-state index contributed by atoms with van der Waals surface area (Å²) >= 11 is 0.